The van der Waals surface area contributed by atoms with Crippen LogP contribution in [-0.2, 0) is 20.0 Å². The summed E-state index contributed by atoms with van der Waals surface area (Å²) in [6.07, 6.45) is -0.262. The van der Waals surface area contributed by atoms with Gasteiger partial charge in [0.1, 0.15) is 17.1 Å². The van der Waals surface area contributed by atoms with E-state index in [1.165, 1.54) is 32.0 Å². The van der Waals surface area contributed by atoms with Crippen LogP contribution in [0.5, 0.6) is 5.75 Å². The molecule has 0 bridgehead atoms. The summed E-state index contributed by atoms with van der Waals surface area (Å²) < 4.78 is 0. The number of hydrogen-bond donors (Lipinski definition) is 5. The van der Waals surface area contributed by atoms with Crippen molar-refractivity contribution in [2.45, 2.75) is 30.6 Å². The molecule has 3 aliphatic rings. The Morgan fingerprint density at radius 3 is 2.27 bits per heavy atom. The van der Waals surface area contributed by atoms with E-state index in [1.807, 2.05) is 0 Å². The first-order valence-corrected chi connectivity index (χ1v) is 10.6. The number of primary amides is 1. The maximum absolute atomic E-state index is 13.7. The van der Waals surface area contributed by atoms with Crippen LogP contribution in [0.25, 0.3) is 0 Å². The molecule has 1 unspecified atom stereocenters. The Labute approximate surface area is 193 Å². The van der Waals surface area contributed by atoms with E-state index in [2.05, 4.69) is 0 Å². The van der Waals surface area contributed by atoms with E-state index in [1.54, 1.807) is 0 Å². The molecule has 33 heavy (non-hydrogen) atoms. The van der Waals surface area contributed by atoms with Crippen molar-refractivity contribution >= 4 is 34.9 Å². The number of phenolic OH excluding ortho intramolecular Hbond substituents is 1. The second-order valence-electron chi connectivity index (χ2n) is 9.25. The fourth-order valence-electron chi connectivity index (χ4n) is 5.81. The molecular formula is C22H23ClN2O8. The molecule has 0 heterocycles. The number of Topliss-reactive ketones (excluding diaryl/α,β-unsaturated/α-hetero) is 3. The number of amides is 1. The van der Waals surface area contributed by atoms with Crippen LogP contribution in [0.2, 0.25) is 5.02 Å². The second-order valence-corrected chi connectivity index (χ2v) is 9.65. The van der Waals surface area contributed by atoms with Crippen molar-refractivity contribution < 1.29 is 39.6 Å². The van der Waals surface area contributed by atoms with E-state index in [9.17, 15) is 39.6 Å². The van der Waals surface area contributed by atoms with Gasteiger partial charge in [0.05, 0.1) is 23.1 Å². The number of nitrogens with zero attached hydrogens (tertiary/aromatic N) is 1. The number of halogens is 1. The first-order valence-electron chi connectivity index (χ1n) is 10.2. The minimum Gasteiger partial charge on any atom is -0.508 e. The number of hydrogen-bond acceptors (Lipinski definition) is 9. The summed E-state index contributed by atoms with van der Waals surface area (Å²) in [5.41, 5.74) is -0.772. The average Bonchev–Trinajstić information content (AvgIpc) is 2.69. The number of aliphatic hydroxyl groups excluding tert-OH is 1. The van der Waals surface area contributed by atoms with Crippen molar-refractivity contribution in [1.29, 1.82) is 0 Å². The van der Waals surface area contributed by atoms with Gasteiger partial charge in [0.15, 0.2) is 23.0 Å². The largest absolute Gasteiger partial charge is 0.508 e. The highest BCUT2D eigenvalue weighted by molar-refractivity contribution is 6.33. The minimum absolute atomic E-state index is 0.00415. The van der Waals surface area contributed by atoms with Crippen molar-refractivity contribution in [3.63, 3.8) is 0 Å². The SMILES string of the molecule is CN(C)[C@H]1C(=O)C(C(N)=O)=C(O)[C@@]2(O)C(=O)C3C(=O)c4c(O)ccc(Cl)c4[C@@](C)(O)[C@H]3C[C@@H]12. The number of carbonyl (C=O) groups excluding carboxylic acids is 4. The summed E-state index contributed by atoms with van der Waals surface area (Å²) in [6.45, 7) is 1.33. The van der Waals surface area contributed by atoms with Gasteiger partial charge < -0.3 is 26.2 Å². The van der Waals surface area contributed by atoms with Gasteiger partial charge in [-0.2, -0.15) is 0 Å². The van der Waals surface area contributed by atoms with Crippen molar-refractivity contribution in [3.8, 4) is 5.75 Å². The lowest BCUT2D eigenvalue weighted by molar-refractivity contribution is -0.174. The third kappa shape index (κ3) is 2.78. The van der Waals surface area contributed by atoms with Gasteiger partial charge in [-0.3, -0.25) is 24.1 Å². The van der Waals surface area contributed by atoms with Gasteiger partial charge >= 0.3 is 0 Å². The Kier molecular flexibility index (Phi) is 5.03. The molecule has 0 radical (unpaired) electrons. The van der Waals surface area contributed by atoms with E-state index in [0.717, 1.165) is 6.07 Å². The molecule has 1 aromatic rings. The molecule has 4 rings (SSSR count). The monoisotopic (exact) mass is 478 g/mol. The maximum Gasteiger partial charge on any atom is 0.255 e. The van der Waals surface area contributed by atoms with E-state index < -0.39 is 75.3 Å². The standard InChI is InChI=1S/C22H23ClN2O8/c1-21(32)7-6-8-15(25(2)3)17(28)13(20(24)31)19(30)22(8,33)18(29)11(7)16(27)12-10(26)5-4-9(23)14(12)21/h4-5,7-8,11,15,26,30,32-33H,6H2,1-3H3,(H2,24,31)/t7-,8-,11?,15+,21-,22-/m0/s1. The number of aliphatic hydroxyl groups is 3. The Balaban J connectivity index is 2.01. The van der Waals surface area contributed by atoms with Gasteiger partial charge in [0.2, 0.25) is 0 Å². The zero-order valence-electron chi connectivity index (χ0n) is 18.0. The molecule has 10 nitrogen and oxygen atoms in total. The van der Waals surface area contributed by atoms with E-state index in [4.69, 9.17) is 17.3 Å². The number of carbonyl (C=O) groups is 4. The van der Waals surface area contributed by atoms with Crippen LogP contribution in [0.1, 0.15) is 29.3 Å². The molecule has 0 saturated heterocycles. The van der Waals surface area contributed by atoms with E-state index >= 15 is 0 Å². The highest BCUT2D eigenvalue weighted by Gasteiger charge is 2.69. The van der Waals surface area contributed by atoms with Gasteiger partial charge in [0.25, 0.3) is 5.91 Å². The number of likely N-dealkylation sites (N-methyl/N-ethyl adjacent to an activating group) is 1. The third-order valence-corrected chi connectivity index (χ3v) is 7.61. The summed E-state index contributed by atoms with van der Waals surface area (Å²) in [4.78, 5) is 53.5. The van der Waals surface area contributed by atoms with Gasteiger partial charge in [-0.05, 0) is 39.6 Å². The third-order valence-electron chi connectivity index (χ3n) is 7.29. The van der Waals surface area contributed by atoms with Crippen molar-refractivity contribution in [3.05, 3.63) is 39.6 Å². The van der Waals surface area contributed by atoms with E-state index in [-0.39, 0.29) is 22.6 Å². The molecule has 3 aliphatic carbocycles. The van der Waals surface area contributed by atoms with Crippen molar-refractivity contribution in [1.82, 2.24) is 4.90 Å². The first-order chi connectivity index (χ1) is 15.2. The molecular weight excluding hydrogens is 456 g/mol. The van der Waals surface area contributed by atoms with Gasteiger partial charge in [-0.25, -0.2) is 0 Å². The maximum atomic E-state index is 13.7. The number of fused-ring (bicyclic) bond motifs is 3. The lowest BCUT2D eigenvalue weighted by Crippen LogP contribution is -2.69. The highest BCUT2D eigenvalue weighted by Crippen LogP contribution is 2.57. The zero-order valence-corrected chi connectivity index (χ0v) is 18.8. The summed E-state index contributed by atoms with van der Waals surface area (Å²) >= 11 is 6.26. The summed E-state index contributed by atoms with van der Waals surface area (Å²) in [6, 6.07) is 1.19. The van der Waals surface area contributed by atoms with Crippen LogP contribution < -0.4 is 5.73 Å². The van der Waals surface area contributed by atoms with Crippen LogP contribution in [0.4, 0.5) is 0 Å². The smallest absolute Gasteiger partial charge is 0.255 e. The molecule has 11 heteroatoms. The van der Waals surface area contributed by atoms with Gasteiger partial charge in [-0.15, -0.1) is 0 Å². The van der Waals surface area contributed by atoms with Gasteiger partial charge in [-0.1, -0.05) is 11.6 Å². The Morgan fingerprint density at radius 1 is 1.12 bits per heavy atom. The van der Waals surface area contributed by atoms with Crippen LogP contribution in [0.3, 0.4) is 0 Å². The molecule has 1 aromatic carbocycles. The number of rotatable bonds is 2. The van der Waals surface area contributed by atoms with Gasteiger partial charge in [0, 0.05) is 22.4 Å². The lowest BCUT2D eigenvalue weighted by atomic mass is 9.51. The predicted octanol–water partition coefficient (Wildman–Crippen LogP) is -0.188. The summed E-state index contributed by atoms with van der Waals surface area (Å²) in [5.74, 6) is -10.2. The molecule has 176 valence electrons. The fraction of sp³-hybridized carbons (Fsp3) is 0.455. The van der Waals surface area contributed by atoms with E-state index in [0.29, 0.717) is 0 Å². The molecule has 0 aromatic heterocycles. The average molecular weight is 479 g/mol. The molecule has 1 fully saturated rings. The molecule has 1 saturated carbocycles. The highest BCUT2D eigenvalue weighted by atomic mass is 35.5. The first kappa shape index (κ1) is 23.4. The Morgan fingerprint density at radius 2 is 1.73 bits per heavy atom. The quantitative estimate of drug-likeness (QED) is 0.284. The molecule has 1 amide bonds. The molecule has 6 atom stereocenters. The lowest BCUT2D eigenvalue weighted by Gasteiger charge is -2.54. The second kappa shape index (κ2) is 7.10. The molecule has 0 aliphatic heterocycles. The topological polar surface area (TPSA) is 178 Å². The van der Waals surface area contributed by atoms with Crippen molar-refractivity contribution in [2.24, 2.45) is 23.5 Å². The van der Waals surface area contributed by atoms with Crippen LogP contribution >= 0.6 is 11.6 Å². The normalized spacial score (nSPS) is 35.9. The Hall–Kier alpha value is -2.79. The van der Waals surface area contributed by atoms with Crippen LogP contribution in [0.15, 0.2) is 23.5 Å². The minimum atomic E-state index is -2.79. The summed E-state index contributed by atoms with van der Waals surface area (Å²) in [7, 11) is 2.96. The number of ketones is 3. The summed E-state index contributed by atoms with van der Waals surface area (Å²) in [5, 5.41) is 44.1. The number of phenols is 1. The molecule has 6 N–H and O–H groups in total. The van der Waals surface area contributed by atoms with Crippen LogP contribution in [0, 0.1) is 17.8 Å². The predicted molar refractivity (Wildman–Crippen MR) is 113 cm³/mol. The fourth-order valence-corrected chi connectivity index (χ4v) is 6.16. The number of nitrogens with two attached hydrogens (primary N) is 1. The van der Waals surface area contributed by atoms with Crippen LogP contribution in [-0.4, -0.2) is 74.3 Å². The van der Waals surface area contributed by atoms with Crippen molar-refractivity contribution in [2.75, 3.05) is 14.1 Å². The Bertz CT molecular complexity index is 1170. The zero-order chi connectivity index (χ0) is 24.8. The molecule has 0 spiro atoms. The number of aromatic hydroxyl groups is 1. The number of benzene rings is 1.